The standard InChI is InChI=1S/C20H25N3O2/c1-14(2)18-13-17(21-22(18)3)20(25)23-11-7-10-16(23)12-19(24)15-8-5-4-6-9-15/h4-6,8-9,13-14,16H,7,10-12H2,1-3H3. The van der Waals surface area contributed by atoms with Crippen LogP contribution in [0.5, 0.6) is 0 Å². The Bertz CT molecular complexity index is 765. The van der Waals surface area contributed by atoms with Crippen LogP contribution in [0.2, 0.25) is 0 Å². The van der Waals surface area contributed by atoms with Crippen LogP contribution < -0.4 is 0 Å². The maximum absolute atomic E-state index is 12.9. The van der Waals surface area contributed by atoms with E-state index in [2.05, 4.69) is 18.9 Å². The molecule has 0 bridgehead atoms. The number of nitrogens with zero attached hydrogens (tertiary/aromatic N) is 3. The van der Waals surface area contributed by atoms with Crippen molar-refractivity contribution in [3.8, 4) is 0 Å². The van der Waals surface area contributed by atoms with Crippen LogP contribution in [0.1, 0.15) is 65.6 Å². The minimum Gasteiger partial charge on any atom is -0.334 e. The summed E-state index contributed by atoms with van der Waals surface area (Å²) in [5.74, 6) is 0.341. The van der Waals surface area contributed by atoms with Gasteiger partial charge in [-0.15, -0.1) is 0 Å². The Morgan fingerprint density at radius 3 is 2.60 bits per heavy atom. The summed E-state index contributed by atoms with van der Waals surface area (Å²) in [7, 11) is 1.87. The molecule has 3 rings (SSSR count). The summed E-state index contributed by atoms with van der Waals surface area (Å²) in [5, 5.41) is 4.39. The van der Waals surface area contributed by atoms with Gasteiger partial charge in [-0.1, -0.05) is 44.2 Å². The van der Waals surface area contributed by atoms with Crippen molar-refractivity contribution in [2.24, 2.45) is 7.05 Å². The van der Waals surface area contributed by atoms with Crippen molar-refractivity contribution in [2.45, 2.75) is 45.1 Å². The van der Waals surface area contributed by atoms with E-state index in [1.165, 1.54) is 0 Å². The highest BCUT2D eigenvalue weighted by molar-refractivity contribution is 5.97. The van der Waals surface area contributed by atoms with Crippen molar-refractivity contribution < 1.29 is 9.59 Å². The first-order chi connectivity index (χ1) is 12.0. The second kappa shape index (κ2) is 7.21. The second-order valence-electron chi connectivity index (χ2n) is 7.02. The third kappa shape index (κ3) is 3.65. The van der Waals surface area contributed by atoms with Gasteiger partial charge >= 0.3 is 0 Å². The molecule has 1 aliphatic rings. The lowest BCUT2D eigenvalue weighted by Crippen LogP contribution is -2.37. The quantitative estimate of drug-likeness (QED) is 0.784. The molecule has 0 saturated carbocycles. The molecule has 2 heterocycles. The predicted molar refractivity (Wildman–Crippen MR) is 96.7 cm³/mol. The molecule has 1 aromatic carbocycles. The number of benzene rings is 1. The average molecular weight is 339 g/mol. The zero-order valence-corrected chi connectivity index (χ0v) is 15.1. The fourth-order valence-electron chi connectivity index (χ4n) is 3.54. The number of rotatable bonds is 5. The fourth-order valence-corrected chi connectivity index (χ4v) is 3.54. The van der Waals surface area contributed by atoms with Crippen LogP contribution in [0.25, 0.3) is 0 Å². The van der Waals surface area contributed by atoms with Crippen molar-refractivity contribution in [1.29, 1.82) is 0 Å². The number of hydrogen-bond acceptors (Lipinski definition) is 3. The number of aryl methyl sites for hydroxylation is 1. The van der Waals surface area contributed by atoms with Crippen LogP contribution >= 0.6 is 0 Å². The lowest BCUT2D eigenvalue weighted by molar-refractivity contribution is 0.0711. The summed E-state index contributed by atoms with van der Waals surface area (Å²) in [6.07, 6.45) is 2.18. The number of likely N-dealkylation sites (tertiary alicyclic amines) is 1. The van der Waals surface area contributed by atoms with E-state index in [4.69, 9.17) is 0 Å². The van der Waals surface area contributed by atoms with E-state index in [1.807, 2.05) is 48.3 Å². The van der Waals surface area contributed by atoms with Gasteiger partial charge in [-0.3, -0.25) is 14.3 Å². The van der Waals surface area contributed by atoms with Crippen molar-refractivity contribution >= 4 is 11.7 Å². The highest BCUT2D eigenvalue weighted by atomic mass is 16.2. The minimum atomic E-state index is -0.0640. The Labute approximate surface area is 148 Å². The normalized spacial score (nSPS) is 17.3. The molecule has 0 aliphatic carbocycles. The van der Waals surface area contributed by atoms with Crippen LogP contribution in [0.3, 0.4) is 0 Å². The smallest absolute Gasteiger partial charge is 0.274 e. The molecule has 2 aromatic rings. The molecule has 5 heteroatoms. The molecule has 25 heavy (non-hydrogen) atoms. The number of Topliss-reactive ketones (excluding diaryl/α,β-unsaturated/α-hetero) is 1. The number of carbonyl (C=O) groups is 2. The molecule has 1 amide bonds. The van der Waals surface area contributed by atoms with Gasteiger partial charge in [0.05, 0.1) is 0 Å². The molecule has 1 aliphatic heterocycles. The van der Waals surface area contributed by atoms with Gasteiger partial charge in [-0.25, -0.2) is 0 Å². The Kier molecular flexibility index (Phi) is 5.02. The third-order valence-electron chi connectivity index (χ3n) is 4.88. The first-order valence-corrected chi connectivity index (χ1v) is 8.90. The van der Waals surface area contributed by atoms with Crippen LogP contribution in [0.4, 0.5) is 0 Å². The Morgan fingerprint density at radius 1 is 1.24 bits per heavy atom. The van der Waals surface area contributed by atoms with Crippen molar-refractivity contribution in [2.75, 3.05) is 6.54 Å². The van der Waals surface area contributed by atoms with Crippen molar-refractivity contribution in [3.05, 3.63) is 53.3 Å². The zero-order valence-electron chi connectivity index (χ0n) is 15.1. The van der Waals surface area contributed by atoms with E-state index in [1.54, 1.807) is 4.68 Å². The molecule has 0 radical (unpaired) electrons. The molecule has 1 atom stereocenters. The number of ketones is 1. The Morgan fingerprint density at radius 2 is 1.96 bits per heavy atom. The van der Waals surface area contributed by atoms with Crippen LogP contribution in [-0.2, 0) is 7.05 Å². The van der Waals surface area contributed by atoms with E-state index >= 15 is 0 Å². The van der Waals surface area contributed by atoms with Gasteiger partial charge < -0.3 is 4.90 Å². The second-order valence-corrected chi connectivity index (χ2v) is 7.02. The third-order valence-corrected chi connectivity index (χ3v) is 4.88. The molecule has 1 fully saturated rings. The van der Waals surface area contributed by atoms with E-state index in [-0.39, 0.29) is 17.7 Å². The van der Waals surface area contributed by atoms with Gasteiger partial charge in [0.15, 0.2) is 11.5 Å². The number of carbonyl (C=O) groups excluding carboxylic acids is 2. The molecule has 0 N–H and O–H groups in total. The van der Waals surface area contributed by atoms with Gasteiger partial charge in [0.2, 0.25) is 0 Å². The first kappa shape index (κ1) is 17.4. The van der Waals surface area contributed by atoms with Gasteiger partial charge in [-0.05, 0) is 24.8 Å². The molecule has 5 nitrogen and oxygen atoms in total. The summed E-state index contributed by atoms with van der Waals surface area (Å²) in [4.78, 5) is 27.2. The summed E-state index contributed by atoms with van der Waals surface area (Å²) in [6.45, 7) is 4.87. The number of amides is 1. The van der Waals surface area contributed by atoms with Gasteiger partial charge in [0.1, 0.15) is 0 Å². The van der Waals surface area contributed by atoms with Crippen molar-refractivity contribution in [1.82, 2.24) is 14.7 Å². The maximum atomic E-state index is 12.9. The average Bonchev–Trinajstić information content (AvgIpc) is 3.21. The first-order valence-electron chi connectivity index (χ1n) is 8.90. The topological polar surface area (TPSA) is 55.2 Å². The minimum absolute atomic E-state index is 0.0373. The van der Waals surface area contributed by atoms with Crippen LogP contribution in [-0.4, -0.2) is 39.0 Å². The zero-order chi connectivity index (χ0) is 18.0. The van der Waals surface area contributed by atoms with Gasteiger partial charge in [-0.2, -0.15) is 5.10 Å². The molecule has 1 saturated heterocycles. The summed E-state index contributed by atoms with van der Waals surface area (Å²) in [6, 6.07) is 11.1. The largest absolute Gasteiger partial charge is 0.334 e. The van der Waals surface area contributed by atoms with E-state index in [9.17, 15) is 9.59 Å². The van der Waals surface area contributed by atoms with Gasteiger partial charge in [0.25, 0.3) is 5.91 Å². The summed E-state index contributed by atoms with van der Waals surface area (Å²) in [5.41, 5.74) is 2.23. The summed E-state index contributed by atoms with van der Waals surface area (Å²) >= 11 is 0. The van der Waals surface area contributed by atoms with Crippen LogP contribution in [0, 0.1) is 0 Å². The van der Waals surface area contributed by atoms with Gasteiger partial charge in [0, 0.05) is 37.3 Å². The molecule has 0 spiro atoms. The van der Waals surface area contributed by atoms with E-state index in [0.717, 1.165) is 18.5 Å². The molecule has 132 valence electrons. The fraction of sp³-hybridized carbons (Fsp3) is 0.450. The van der Waals surface area contributed by atoms with Crippen LogP contribution in [0.15, 0.2) is 36.4 Å². The lowest BCUT2D eigenvalue weighted by Gasteiger charge is -2.23. The Hall–Kier alpha value is -2.43. The summed E-state index contributed by atoms with van der Waals surface area (Å²) < 4.78 is 1.78. The number of hydrogen-bond donors (Lipinski definition) is 0. The maximum Gasteiger partial charge on any atom is 0.274 e. The highest BCUT2D eigenvalue weighted by Crippen LogP contribution is 2.25. The lowest BCUT2D eigenvalue weighted by atomic mass is 10.0. The molecule has 1 unspecified atom stereocenters. The number of aromatic nitrogens is 2. The highest BCUT2D eigenvalue weighted by Gasteiger charge is 2.32. The SMILES string of the molecule is CC(C)c1cc(C(=O)N2CCCC2CC(=O)c2ccccc2)nn1C. The van der Waals surface area contributed by atoms with E-state index in [0.29, 0.717) is 30.1 Å². The molecule has 1 aromatic heterocycles. The Balaban J connectivity index is 1.74. The molecular formula is C20H25N3O2. The molecular weight excluding hydrogens is 314 g/mol. The predicted octanol–water partition coefficient (Wildman–Crippen LogP) is 3.42. The monoisotopic (exact) mass is 339 g/mol. The van der Waals surface area contributed by atoms with E-state index < -0.39 is 0 Å². The van der Waals surface area contributed by atoms with Crippen molar-refractivity contribution in [3.63, 3.8) is 0 Å².